The van der Waals surface area contributed by atoms with Gasteiger partial charge in [0.2, 0.25) is 0 Å². The molecule has 0 N–H and O–H groups in total. The lowest BCUT2D eigenvalue weighted by molar-refractivity contribution is 0.357. The number of rotatable bonds is 1. The molecule has 0 unspecified atom stereocenters. The first kappa shape index (κ1) is 9.61. The number of halogens is 1. The van der Waals surface area contributed by atoms with E-state index in [1.165, 1.54) is 5.56 Å². The van der Waals surface area contributed by atoms with Crippen LogP contribution >= 0.6 is 15.9 Å². The highest BCUT2D eigenvalue weighted by Crippen LogP contribution is 2.25. The van der Waals surface area contributed by atoms with E-state index in [0.29, 0.717) is 0 Å². The molecule has 0 radical (unpaired) electrons. The Kier molecular flexibility index (Phi) is 3.10. The predicted molar refractivity (Wildman–Crippen MR) is 60.9 cm³/mol. The summed E-state index contributed by atoms with van der Waals surface area (Å²) in [6.45, 7) is 0.813. The number of hydrogen-bond acceptors (Lipinski definition) is 1. The Hall–Kier alpha value is -0.940. The molecule has 1 aliphatic heterocycles. The Morgan fingerprint density at radius 1 is 1.43 bits per heavy atom. The zero-order chi connectivity index (χ0) is 9.80. The van der Waals surface area contributed by atoms with E-state index in [2.05, 4.69) is 33.8 Å². The van der Waals surface area contributed by atoms with Crippen LogP contribution in [0, 0.1) is 11.8 Å². The SMILES string of the molecule is BrCCC#Cc1ccc2c(c1)CCO2. The molecule has 2 rings (SSSR count). The van der Waals surface area contributed by atoms with Crippen molar-refractivity contribution in [3.8, 4) is 17.6 Å². The van der Waals surface area contributed by atoms with Gasteiger partial charge in [-0.1, -0.05) is 27.8 Å². The number of fused-ring (bicyclic) bond motifs is 1. The molecule has 0 bridgehead atoms. The van der Waals surface area contributed by atoms with Crippen molar-refractivity contribution in [3.63, 3.8) is 0 Å². The van der Waals surface area contributed by atoms with Crippen molar-refractivity contribution in [2.75, 3.05) is 11.9 Å². The summed E-state index contributed by atoms with van der Waals surface area (Å²) in [5.41, 5.74) is 2.38. The molecule has 1 aromatic carbocycles. The van der Waals surface area contributed by atoms with Crippen molar-refractivity contribution in [2.24, 2.45) is 0 Å². The minimum Gasteiger partial charge on any atom is -0.493 e. The zero-order valence-electron chi connectivity index (χ0n) is 7.85. The molecule has 0 spiro atoms. The van der Waals surface area contributed by atoms with E-state index in [-0.39, 0.29) is 0 Å². The number of ether oxygens (including phenoxy) is 1. The number of benzene rings is 1. The molecule has 2 heteroatoms. The van der Waals surface area contributed by atoms with E-state index in [4.69, 9.17) is 4.74 Å². The van der Waals surface area contributed by atoms with Gasteiger partial charge in [0.1, 0.15) is 5.75 Å². The van der Waals surface area contributed by atoms with Crippen LogP contribution in [0.4, 0.5) is 0 Å². The Morgan fingerprint density at radius 2 is 2.36 bits per heavy atom. The molecule has 1 heterocycles. The standard InChI is InChI=1S/C12H11BrO/c13-7-2-1-3-10-4-5-12-11(9-10)6-8-14-12/h4-5,9H,2,6-8H2. The molecule has 1 aliphatic rings. The first-order valence-corrected chi connectivity index (χ1v) is 5.83. The molecule has 0 aliphatic carbocycles. The average Bonchev–Trinajstić information content (AvgIpc) is 2.65. The highest BCUT2D eigenvalue weighted by Gasteiger charge is 2.10. The van der Waals surface area contributed by atoms with Gasteiger partial charge in [0, 0.05) is 23.7 Å². The lowest BCUT2D eigenvalue weighted by atomic mass is 10.1. The molecule has 0 fully saturated rings. The maximum atomic E-state index is 5.42. The van der Waals surface area contributed by atoms with Gasteiger partial charge in [-0.2, -0.15) is 0 Å². The van der Waals surface area contributed by atoms with Gasteiger partial charge in [-0.3, -0.25) is 0 Å². The number of hydrogen-bond donors (Lipinski definition) is 0. The van der Waals surface area contributed by atoms with Crippen LogP contribution in [-0.2, 0) is 6.42 Å². The van der Waals surface area contributed by atoms with E-state index < -0.39 is 0 Å². The van der Waals surface area contributed by atoms with Gasteiger partial charge < -0.3 is 4.74 Å². The monoisotopic (exact) mass is 250 g/mol. The van der Waals surface area contributed by atoms with Crippen molar-refractivity contribution in [2.45, 2.75) is 12.8 Å². The van der Waals surface area contributed by atoms with Crippen LogP contribution < -0.4 is 4.74 Å². The maximum absolute atomic E-state index is 5.42. The molecule has 1 nitrogen and oxygen atoms in total. The van der Waals surface area contributed by atoms with Crippen LogP contribution in [0.1, 0.15) is 17.5 Å². The first-order valence-electron chi connectivity index (χ1n) is 4.71. The van der Waals surface area contributed by atoms with Gasteiger partial charge in [0.15, 0.2) is 0 Å². The quantitative estimate of drug-likeness (QED) is 0.551. The summed E-state index contributed by atoms with van der Waals surface area (Å²) < 4.78 is 5.42. The normalized spacial score (nSPS) is 12.6. The van der Waals surface area contributed by atoms with Gasteiger partial charge in [-0.05, 0) is 23.8 Å². The number of alkyl halides is 1. The van der Waals surface area contributed by atoms with Crippen LogP contribution in [0.2, 0.25) is 0 Å². The van der Waals surface area contributed by atoms with Crippen LogP contribution in [0.15, 0.2) is 18.2 Å². The fraction of sp³-hybridized carbons (Fsp3) is 0.333. The van der Waals surface area contributed by atoms with Crippen LogP contribution in [0.5, 0.6) is 5.75 Å². The van der Waals surface area contributed by atoms with Gasteiger partial charge in [-0.25, -0.2) is 0 Å². The summed E-state index contributed by atoms with van der Waals surface area (Å²) in [6.07, 6.45) is 1.91. The van der Waals surface area contributed by atoms with E-state index >= 15 is 0 Å². The molecule has 0 atom stereocenters. The van der Waals surface area contributed by atoms with Gasteiger partial charge in [-0.15, -0.1) is 0 Å². The third kappa shape index (κ3) is 2.10. The topological polar surface area (TPSA) is 9.23 Å². The summed E-state index contributed by atoms with van der Waals surface area (Å²) >= 11 is 3.35. The van der Waals surface area contributed by atoms with Crippen molar-refractivity contribution in [3.05, 3.63) is 29.3 Å². The molecule has 0 aromatic heterocycles. The van der Waals surface area contributed by atoms with Crippen molar-refractivity contribution >= 4 is 15.9 Å². The van der Waals surface area contributed by atoms with E-state index in [9.17, 15) is 0 Å². The highest BCUT2D eigenvalue weighted by atomic mass is 79.9. The van der Waals surface area contributed by atoms with Crippen LogP contribution in [0.25, 0.3) is 0 Å². The maximum Gasteiger partial charge on any atom is 0.122 e. The van der Waals surface area contributed by atoms with Gasteiger partial charge in [0.05, 0.1) is 6.61 Å². The molecular weight excluding hydrogens is 240 g/mol. The third-order valence-corrected chi connectivity index (χ3v) is 2.54. The molecular formula is C12H11BrO. The minimum atomic E-state index is 0.813. The fourth-order valence-electron chi connectivity index (χ4n) is 1.48. The highest BCUT2D eigenvalue weighted by molar-refractivity contribution is 9.09. The molecule has 1 aromatic rings. The second-order valence-electron chi connectivity index (χ2n) is 3.16. The van der Waals surface area contributed by atoms with Crippen molar-refractivity contribution in [1.29, 1.82) is 0 Å². The smallest absolute Gasteiger partial charge is 0.122 e. The molecule has 0 saturated heterocycles. The molecule has 14 heavy (non-hydrogen) atoms. The predicted octanol–water partition coefficient (Wildman–Crippen LogP) is 2.76. The van der Waals surface area contributed by atoms with Crippen molar-refractivity contribution in [1.82, 2.24) is 0 Å². The summed E-state index contributed by atoms with van der Waals surface area (Å²) in [4.78, 5) is 0. The lowest BCUT2D eigenvalue weighted by Gasteiger charge is -1.97. The van der Waals surface area contributed by atoms with E-state index in [0.717, 1.165) is 36.1 Å². The third-order valence-electron chi connectivity index (χ3n) is 2.14. The fourth-order valence-corrected chi connectivity index (χ4v) is 1.67. The minimum absolute atomic E-state index is 0.813. The largest absolute Gasteiger partial charge is 0.493 e. The molecule has 72 valence electrons. The Labute approximate surface area is 92.6 Å². The zero-order valence-corrected chi connectivity index (χ0v) is 9.43. The second kappa shape index (κ2) is 4.52. The van der Waals surface area contributed by atoms with Crippen molar-refractivity contribution < 1.29 is 4.74 Å². The summed E-state index contributed by atoms with van der Waals surface area (Å²) in [5.74, 6) is 7.27. The van der Waals surface area contributed by atoms with Gasteiger partial charge in [0.25, 0.3) is 0 Å². The van der Waals surface area contributed by atoms with Crippen LogP contribution in [-0.4, -0.2) is 11.9 Å². The Morgan fingerprint density at radius 3 is 3.21 bits per heavy atom. The Balaban J connectivity index is 2.18. The van der Waals surface area contributed by atoms with Gasteiger partial charge >= 0.3 is 0 Å². The van der Waals surface area contributed by atoms with Crippen LogP contribution in [0.3, 0.4) is 0 Å². The first-order chi connectivity index (χ1) is 6.90. The van der Waals surface area contributed by atoms with E-state index in [1.807, 2.05) is 12.1 Å². The molecule has 0 amide bonds. The molecule has 0 saturated carbocycles. The Bertz CT molecular complexity index is 387. The average molecular weight is 251 g/mol. The van der Waals surface area contributed by atoms with E-state index in [1.54, 1.807) is 0 Å². The lowest BCUT2D eigenvalue weighted by Crippen LogP contribution is -1.85. The summed E-state index contributed by atoms with van der Waals surface area (Å²) in [7, 11) is 0. The summed E-state index contributed by atoms with van der Waals surface area (Å²) in [5, 5.41) is 0.939. The second-order valence-corrected chi connectivity index (χ2v) is 3.95. The summed E-state index contributed by atoms with van der Waals surface area (Å²) in [6, 6.07) is 6.16.